The van der Waals surface area contributed by atoms with Crippen molar-refractivity contribution in [2.24, 2.45) is 38.3 Å². The Kier molecular flexibility index (Phi) is 22.8. The van der Waals surface area contributed by atoms with Gasteiger partial charge in [0.1, 0.15) is 0 Å². The Bertz CT molecular complexity index is 4970. The van der Waals surface area contributed by atoms with Crippen molar-refractivity contribution in [3.63, 3.8) is 0 Å². The molecule has 0 spiro atoms. The zero-order chi connectivity index (χ0) is 75.8. The Balaban J connectivity index is 0.000000142. The van der Waals surface area contributed by atoms with E-state index in [4.69, 9.17) is 76.4 Å². The maximum Gasteiger partial charge on any atom is 0.412 e. The van der Waals surface area contributed by atoms with Crippen LogP contribution < -0.4 is 17.2 Å². The van der Waals surface area contributed by atoms with E-state index < -0.39 is 40.0 Å². The maximum absolute atomic E-state index is 12.5. The zero-order valence-corrected chi connectivity index (χ0v) is 64.1. The van der Waals surface area contributed by atoms with Gasteiger partial charge in [0, 0.05) is 147 Å². The van der Waals surface area contributed by atoms with Crippen molar-refractivity contribution in [2.45, 2.75) is 75.8 Å². The van der Waals surface area contributed by atoms with Crippen LogP contribution in [0.3, 0.4) is 0 Å². The number of halogens is 3. The average molecular weight is 1530 g/mol. The van der Waals surface area contributed by atoms with Gasteiger partial charge in [0.15, 0.2) is 0 Å². The lowest BCUT2D eigenvalue weighted by atomic mass is 9.90. The van der Waals surface area contributed by atoms with E-state index >= 15 is 0 Å². The number of aromatic nitrogens is 9. The molecule has 6 aromatic heterocycles. The Hall–Kier alpha value is -9.00. The second-order valence-electron chi connectivity index (χ2n) is 28.3. The predicted molar refractivity (Wildman–Crippen MR) is 415 cm³/mol. The molecule has 6 aliphatic rings. The molecule has 3 aliphatic carbocycles. The summed E-state index contributed by atoms with van der Waals surface area (Å²) in [5, 5.41) is 11.8. The molecule has 0 bridgehead atoms. The van der Waals surface area contributed by atoms with E-state index in [1.807, 2.05) is 128 Å². The molecule has 3 saturated heterocycles. The molecule has 0 saturated carbocycles. The van der Waals surface area contributed by atoms with E-state index in [1.54, 1.807) is 59.8 Å². The number of pyridine rings is 3. The number of carbonyl (C=O) groups is 2. The molecule has 0 radical (unpaired) electrons. The summed E-state index contributed by atoms with van der Waals surface area (Å²) < 4.78 is 42.0. The number of rotatable bonds is 12. The van der Waals surface area contributed by atoms with Gasteiger partial charge in [0.05, 0.1) is 120 Å². The molecule has 6 atom stereocenters. The molecule has 107 heavy (non-hydrogen) atoms. The lowest BCUT2D eigenvalue weighted by molar-refractivity contribution is -0.140. The van der Waals surface area contributed by atoms with Gasteiger partial charge in [-0.1, -0.05) is 71.2 Å². The lowest BCUT2D eigenvalue weighted by Crippen LogP contribution is -2.51. The van der Waals surface area contributed by atoms with Crippen LogP contribution in [0.4, 0.5) is 9.59 Å². The fourth-order valence-corrected chi connectivity index (χ4v) is 16.4. The molecule has 15 rings (SSSR count). The number of hydrogen-bond donors (Lipinski definition) is 4. The molecule has 29 heteroatoms. The van der Waals surface area contributed by atoms with E-state index in [9.17, 15) is 23.1 Å². The minimum absolute atomic E-state index is 0.107. The topological polar surface area (TPSA) is 297 Å². The first-order valence-corrected chi connectivity index (χ1v) is 38.5. The molecule has 2 amide bonds. The molecular weight excluding hydrogens is 1440 g/mol. The van der Waals surface area contributed by atoms with Crippen molar-refractivity contribution in [2.75, 3.05) is 84.8 Å². The number of aliphatic hydroxyl groups is 1. The minimum atomic E-state index is -3.22. The number of nitrogens with two attached hydrogens (primary N) is 3. The summed E-state index contributed by atoms with van der Waals surface area (Å²) in [6.07, 6.45) is 22.7. The summed E-state index contributed by atoms with van der Waals surface area (Å²) in [5.41, 5.74) is 38.0. The third kappa shape index (κ3) is 16.5. The molecule has 560 valence electrons. The normalized spacial score (nSPS) is 19.3. The predicted octanol–water partition coefficient (Wildman–Crippen LogP) is 10.6. The van der Waals surface area contributed by atoms with Gasteiger partial charge in [0.2, 0.25) is 15.8 Å². The summed E-state index contributed by atoms with van der Waals surface area (Å²) in [6, 6.07) is 28.1. The highest BCUT2D eigenvalue weighted by molar-refractivity contribution is 7.88. The highest BCUT2D eigenvalue weighted by Gasteiger charge is 2.40. The molecule has 3 aromatic carbocycles. The summed E-state index contributed by atoms with van der Waals surface area (Å²) in [7, 11) is 2.58. The monoisotopic (exact) mass is 1530 g/mol. The SMILES string of the molecule is CC(C)OC(=O)N1CCN([C@H]2c3ccc(Cl)cc3C(C(N)c3cncn3C)=Cc3cccnc32)CC1.Cn1cncc1C(N)C1=Cc2cccnc2[C@@H](N2CCN(C(=O)OC(C)(C)O)CC2)c2ccc(Cl)cc21.Cn1cncc1C(N)C1=Cc2cccnc2[C@@H](N2CCN(S(C)(=O)=O)CC2)c2ccc(Cl)cc21. The van der Waals surface area contributed by atoms with Crippen molar-refractivity contribution in [1.82, 2.24) is 72.4 Å². The summed E-state index contributed by atoms with van der Waals surface area (Å²) in [6.45, 7) is 13.4. The molecule has 7 N–H and O–H groups in total. The Morgan fingerprint density at radius 3 is 1.11 bits per heavy atom. The largest absolute Gasteiger partial charge is 0.447 e. The fourth-order valence-electron chi connectivity index (χ4n) is 15.1. The van der Waals surface area contributed by atoms with Crippen LogP contribution in [-0.4, -0.2) is 195 Å². The smallest absolute Gasteiger partial charge is 0.412 e. The van der Waals surface area contributed by atoms with Gasteiger partial charge in [-0.15, -0.1) is 0 Å². The van der Waals surface area contributed by atoms with Gasteiger partial charge in [-0.3, -0.25) is 29.7 Å². The van der Waals surface area contributed by atoms with Gasteiger partial charge in [-0.05, 0) is 153 Å². The Morgan fingerprint density at radius 2 is 0.822 bits per heavy atom. The number of carbonyl (C=O) groups excluding carboxylic acids is 2. The molecule has 3 fully saturated rings. The van der Waals surface area contributed by atoms with Crippen LogP contribution in [-0.2, 0) is 40.6 Å². The first-order valence-electron chi connectivity index (χ1n) is 35.6. The molecule has 3 aliphatic heterocycles. The van der Waals surface area contributed by atoms with E-state index in [1.165, 1.54) is 24.4 Å². The number of nitrogens with zero attached hydrogens (tertiary/aromatic N) is 15. The zero-order valence-electron chi connectivity index (χ0n) is 61.0. The Labute approximate surface area is 638 Å². The van der Waals surface area contributed by atoms with Crippen molar-refractivity contribution < 1.29 is 32.6 Å². The van der Waals surface area contributed by atoms with Crippen molar-refractivity contribution in [3.8, 4) is 0 Å². The number of piperazine rings is 3. The number of aryl methyl sites for hydroxylation is 3. The molecule has 3 unspecified atom stereocenters. The van der Waals surface area contributed by atoms with E-state index in [0.717, 1.165) is 101 Å². The van der Waals surface area contributed by atoms with Crippen LogP contribution >= 0.6 is 34.8 Å². The number of benzene rings is 3. The van der Waals surface area contributed by atoms with Crippen molar-refractivity contribution in [1.29, 1.82) is 0 Å². The minimum Gasteiger partial charge on any atom is -0.447 e. The number of sulfonamides is 1. The molecular formula is C78H89Cl3N18O7S. The highest BCUT2D eigenvalue weighted by atomic mass is 35.5. The number of fused-ring (bicyclic) bond motifs is 6. The first-order chi connectivity index (χ1) is 51.2. The summed E-state index contributed by atoms with van der Waals surface area (Å²) in [5.74, 6) is -1.52. The number of amides is 2. The van der Waals surface area contributed by atoms with Crippen LogP contribution in [0.5, 0.6) is 0 Å². The van der Waals surface area contributed by atoms with Crippen LogP contribution in [0, 0.1) is 0 Å². The molecule has 25 nitrogen and oxygen atoms in total. The van der Waals surface area contributed by atoms with Gasteiger partial charge in [0.25, 0.3) is 0 Å². The highest BCUT2D eigenvalue weighted by Crippen LogP contribution is 2.48. The number of ether oxygens (including phenoxy) is 2. The first kappa shape index (κ1) is 76.2. The van der Waals surface area contributed by atoms with Gasteiger partial charge in [-0.25, -0.2) is 33.0 Å². The maximum atomic E-state index is 12.5. The summed E-state index contributed by atoms with van der Waals surface area (Å²) >= 11 is 19.5. The van der Waals surface area contributed by atoms with Gasteiger partial charge in [-0.2, -0.15) is 4.31 Å². The standard InChI is InChI=1S/C27H31ClN6O3.C27H31ClN6O2.C24H27ClN6O2S/c1-27(2,36)37-26(35)34-11-9-33(10-12-34)25-19-7-6-18(28)14-20(19)21(13-17-5-4-8-31-24(17)25)23(29)22-15-30-16-32(22)3;1-17(2)36-27(35)34-11-9-33(10-12-34)26-20-7-6-19(28)14-21(20)22(13-18-5-4-8-31-25(18)26)24(29)23-15-30-16-32(23)3;1-29-15-27-14-21(29)22(26)20-12-16-4-3-7-28-23(16)24(18-6-5-17(25)13-19(18)20)30-8-10-31(11-9-30)34(2,32)33/h4-8,13-16,23,25,36H,9-12,29H2,1-3H3;4-8,13-17,24,26H,9-12,29H2,1-3H3;3-7,12-15,22,24H,8-11,26H2,1-2H3/t23?,25-;24?,26-;22?,24-/m000/s1. The van der Waals surface area contributed by atoms with Gasteiger partial charge < -0.3 is 55.3 Å². The van der Waals surface area contributed by atoms with Crippen molar-refractivity contribution in [3.05, 3.63) is 246 Å². The number of hydrogen-bond acceptors (Lipinski definition) is 19. The quantitative estimate of drug-likeness (QED) is 0.0827. The van der Waals surface area contributed by atoms with Crippen LogP contribution in [0.15, 0.2) is 147 Å². The van der Waals surface area contributed by atoms with E-state index in [0.29, 0.717) is 93.6 Å². The number of imidazole rings is 3. The third-order valence-corrected chi connectivity index (χ3v) is 22.4. The molecule has 9 aromatic rings. The molecule has 9 heterocycles. The van der Waals surface area contributed by atoms with Crippen LogP contribution in [0.2, 0.25) is 15.1 Å². The van der Waals surface area contributed by atoms with E-state index in [2.05, 4.69) is 66.1 Å². The fraction of sp³-hybridized carbons (Fsp3) is 0.359. The van der Waals surface area contributed by atoms with Gasteiger partial charge >= 0.3 is 12.2 Å². The van der Waals surface area contributed by atoms with Crippen LogP contribution in [0.25, 0.3) is 34.9 Å². The Morgan fingerprint density at radius 1 is 0.505 bits per heavy atom. The second kappa shape index (κ2) is 32.1. The summed E-state index contributed by atoms with van der Waals surface area (Å²) in [4.78, 5) is 62.6. The van der Waals surface area contributed by atoms with Crippen molar-refractivity contribution >= 4 is 92.0 Å². The second-order valence-corrected chi connectivity index (χ2v) is 31.6. The average Bonchev–Trinajstić information content (AvgIpc) is 1.66. The van der Waals surface area contributed by atoms with Crippen LogP contribution in [0.1, 0.15) is 148 Å². The lowest BCUT2D eigenvalue weighted by Gasteiger charge is -2.40. The third-order valence-electron chi connectivity index (χ3n) is 20.4. The van der Waals surface area contributed by atoms with E-state index in [-0.39, 0.29) is 30.3 Å².